The molecule has 0 aliphatic rings. The lowest BCUT2D eigenvalue weighted by Gasteiger charge is -2.30. The Balaban J connectivity index is 0.713. The van der Waals surface area contributed by atoms with Crippen molar-refractivity contribution < 1.29 is 8.83 Å². The van der Waals surface area contributed by atoms with Gasteiger partial charge in [0.05, 0.1) is 39.1 Å². The summed E-state index contributed by atoms with van der Waals surface area (Å²) in [5.74, 6) is 0. The molecule has 18 aromatic carbocycles. The third-order valence-corrected chi connectivity index (χ3v) is 22.3. The second-order valence-electron chi connectivity index (χ2n) is 28.2. The molecule has 0 radical (unpaired) electrons. The highest BCUT2D eigenvalue weighted by Gasteiger charge is 2.27. The molecule has 6 heteroatoms. The number of hydrogen-bond acceptors (Lipinski definition) is 4. The Hall–Kier alpha value is -14.5. The maximum Gasteiger partial charge on any atom is 0.136 e. The number of fused-ring (bicyclic) bond motifs is 18. The lowest BCUT2D eigenvalue weighted by atomic mass is 9.91. The fraction of sp³-hybridized carbons (Fsp3) is 0. The third-order valence-electron chi connectivity index (χ3n) is 22.3. The molecule has 0 atom stereocenters. The van der Waals surface area contributed by atoms with Gasteiger partial charge in [0.2, 0.25) is 0 Å². The molecule has 0 saturated carbocycles. The van der Waals surface area contributed by atoms with E-state index in [1.807, 2.05) is 12.1 Å². The molecule has 0 N–H and O–H groups in total. The number of hydrogen-bond donors (Lipinski definition) is 0. The monoisotopic (exact) mass is 1380 g/mol. The highest BCUT2D eigenvalue weighted by molar-refractivity contribution is 6.27. The number of para-hydroxylation sites is 8. The lowest BCUT2D eigenvalue weighted by Crippen LogP contribution is -2.13. The summed E-state index contributed by atoms with van der Waals surface area (Å²) < 4.78 is 18.0. The zero-order chi connectivity index (χ0) is 70.9. The SMILES string of the molecule is c1ccc(-c2ccccc2N(c2cccc(-n3c4ccccc4c4ccc(-c5ccc6c(c5)c5ccccc5c5ccc(N(c7cccc(-n8c9ccccc9c9ccccc98)c7)c7ccccc7-c7cccc8oc9ccccc9c78)cc56)cc43)c2)c2ccccc2-c2cccc3oc4ccccc4c23)cc1. The number of rotatable bonds is 12. The van der Waals surface area contributed by atoms with Crippen LogP contribution in [0.3, 0.4) is 0 Å². The van der Waals surface area contributed by atoms with E-state index in [0.29, 0.717) is 0 Å². The first-order valence-electron chi connectivity index (χ1n) is 37.0. The minimum absolute atomic E-state index is 0.858. The van der Waals surface area contributed by atoms with Crippen LogP contribution >= 0.6 is 0 Å². The van der Waals surface area contributed by atoms with Crippen molar-refractivity contribution in [3.8, 4) is 55.9 Å². The fourth-order valence-electron chi connectivity index (χ4n) is 17.6. The minimum Gasteiger partial charge on any atom is -0.456 e. The van der Waals surface area contributed by atoms with Crippen molar-refractivity contribution in [1.29, 1.82) is 0 Å². The second kappa shape index (κ2) is 24.6. The van der Waals surface area contributed by atoms with Crippen LogP contribution in [0.25, 0.3) is 176 Å². The van der Waals surface area contributed by atoms with Crippen molar-refractivity contribution in [1.82, 2.24) is 9.13 Å². The zero-order valence-electron chi connectivity index (χ0n) is 58.6. The van der Waals surface area contributed by atoms with E-state index >= 15 is 0 Å². The number of anilines is 6. The van der Waals surface area contributed by atoms with Gasteiger partial charge in [-0.05, 0) is 181 Å². The van der Waals surface area contributed by atoms with Gasteiger partial charge in [0.15, 0.2) is 0 Å². The topological polar surface area (TPSA) is 42.6 Å². The van der Waals surface area contributed by atoms with Crippen LogP contribution in [-0.4, -0.2) is 9.13 Å². The van der Waals surface area contributed by atoms with E-state index < -0.39 is 0 Å². The van der Waals surface area contributed by atoms with Gasteiger partial charge >= 0.3 is 0 Å². The molecular formula is C102H64N4O2. The quantitative estimate of drug-likeness (QED) is 0.114. The predicted octanol–water partition coefficient (Wildman–Crippen LogP) is 28.7. The van der Waals surface area contributed by atoms with Crippen molar-refractivity contribution in [2.24, 2.45) is 0 Å². The Morgan fingerprint density at radius 3 is 1.13 bits per heavy atom. The molecular weight excluding hydrogens is 1310 g/mol. The van der Waals surface area contributed by atoms with E-state index in [0.717, 1.165) is 156 Å². The van der Waals surface area contributed by atoms with Crippen LogP contribution in [0.1, 0.15) is 0 Å². The smallest absolute Gasteiger partial charge is 0.136 e. The van der Waals surface area contributed by atoms with Crippen molar-refractivity contribution >= 4 is 154 Å². The molecule has 6 nitrogen and oxygen atoms in total. The zero-order valence-corrected chi connectivity index (χ0v) is 58.6. The molecule has 4 heterocycles. The highest BCUT2D eigenvalue weighted by atomic mass is 16.3. The molecule has 0 bridgehead atoms. The third kappa shape index (κ3) is 9.60. The molecule has 22 aromatic rings. The van der Waals surface area contributed by atoms with Crippen LogP contribution in [-0.2, 0) is 0 Å². The molecule has 4 aromatic heterocycles. The van der Waals surface area contributed by atoms with Crippen LogP contribution in [0.15, 0.2) is 397 Å². The summed E-state index contributed by atoms with van der Waals surface area (Å²) in [5, 5.41) is 16.3. The summed E-state index contributed by atoms with van der Waals surface area (Å²) in [6, 6.07) is 142. The van der Waals surface area contributed by atoms with E-state index in [1.54, 1.807) is 0 Å². The molecule has 22 rings (SSSR count). The first kappa shape index (κ1) is 61.1. The van der Waals surface area contributed by atoms with Gasteiger partial charge in [0, 0.05) is 88.2 Å². The van der Waals surface area contributed by atoms with E-state index in [2.05, 4.69) is 395 Å². The fourth-order valence-corrected chi connectivity index (χ4v) is 17.6. The van der Waals surface area contributed by atoms with Crippen LogP contribution in [0.4, 0.5) is 34.1 Å². The minimum atomic E-state index is 0.858. The Morgan fingerprint density at radius 1 is 0.185 bits per heavy atom. The van der Waals surface area contributed by atoms with E-state index in [9.17, 15) is 0 Å². The van der Waals surface area contributed by atoms with Crippen LogP contribution < -0.4 is 9.80 Å². The van der Waals surface area contributed by atoms with Gasteiger partial charge < -0.3 is 27.8 Å². The second-order valence-corrected chi connectivity index (χ2v) is 28.2. The number of aromatic nitrogens is 2. The Labute approximate surface area is 621 Å². The predicted molar refractivity (Wildman–Crippen MR) is 453 cm³/mol. The summed E-state index contributed by atoms with van der Waals surface area (Å²) in [6.45, 7) is 0. The van der Waals surface area contributed by atoms with Crippen molar-refractivity contribution in [3.05, 3.63) is 388 Å². The molecule has 0 unspecified atom stereocenters. The molecule has 504 valence electrons. The summed E-state index contributed by atoms with van der Waals surface area (Å²) >= 11 is 0. The maximum atomic E-state index is 6.59. The van der Waals surface area contributed by atoms with Crippen molar-refractivity contribution in [3.63, 3.8) is 0 Å². The van der Waals surface area contributed by atoms with Crippen LogP contribution in [0.5, 0.6) is 0 Å². The number of furan rings is 2. The van der Waals surface area contributed by atoms with Gasteiger partial charge in [-0.15, -0.1) is 0 Å². The average Bonchev–Trinajstić information content (AvgIpc) is 1.32. The maximum absolute atomic E-state index is 6.59. The normalized spacial score (nSPS) is 11.9. The van der Waals surface area contributed by atoms with Gasteiger partial charge in [0.25, 0.3) is 0 Å². The van der Waals surface area contributed by atoms with Crippen molar-refractivity contribution in [2.75, 3.05) is 9.80 Å². The first-order valence-corrected chi connectivity index (χ1v) is 37.0. The largest absolute Gasteiger partial charge is 0.456 e. The Kier molecular flexibility index (Phi) is 13.9. The highest BCUT2D eigenvalue weighted by Crippen LogP contribution is 2.51. The number of benzene rings is 18. The van der Waals surface area contributed by atoms with Crippen LogP contribution in [0.2, 0.25) is 0 Å². The molecule has 0 aliphatic carbocycles. The molecule has 0 aliphatic heterocycles. The van der Waals surface area contributed by atoms with E-state index in [4.69, 9.17) is 8.83 Å². The molecule has 108 heavy (non-hydrogen) atoms. The number of nitrogens with zero attached hydrogens (tertiary/aromatic N) is 4. The molecule has 0 fully saturated rings. The summed E-state index contributed by atoms with van der Waals surface area (Å²) in [6.07, 6.45) is 0. The van der Waals surface area contributed by atoms with Gasteiger partial charge in [-0.3, -0.25) is 0 Å². The van der Waals surface area contributed by atoms with Gasteiger partial charge in [-0.1, -0.05) is 267 Å². The Bertz CT molecular complexity index is 7360. The van der Waals surface area contributed by atoms with Crippen molar-refractivity contribution in [2.45, 2.75) is 0 Å². The lowest BCUT2D eigenvalue weighted by molar-refractivity contribution is 0.668. The first-order chi connectivity index (χ1) is 53.6. The standard InChI is InChI=1S/C102H64N4O2/c1-2-26-65(27-3-1)73-32-6-14-44-90(73)104(95-49-19-11-39-82(95)85-43-25-53-100-102(85)87-41-13-21-51-98(87)108-100)70-30-23-31-71(63-70)106-94-48-18-9-37-80(94)83-58-55-67(61-96(83)106)66-54-57-77-88(60-66)75-34-5-4-33-74(75)76-59-56-72(64-89(76)77)103(68-28-22-29-69(62-68)105-92-46-16-7-35-78(92)79-36-8-17-47-93(79)105)91-45-15-10-38-81(91)84-42-24-52-99-101(84)86-40-12-20-50-97(86)107-99/h1-64H. The molecule has 0 amide bonds. The van der Waals surface area contributed by atoms with Crippen LogP contribution in [0, 0.1) is 0 Å². The van der Waals surface area contributed by atoms with Gasteiger partial charge in [0.1, 0.15) is 22.3 Å². The Morgan fingerprint density at radius 2 is 0.546 bits per heavy atom. The van der Waals surface area contributed by atoms with Gasteiger partial charge in [-0.25, -0.2) is 0 Å². The molecule has 0 spiro atoms. The average molecular weight is 1380 g/mol. The van der Waals surface area contributed by atoms with E-state index in [1.165, 1.54) is 53.9 Å². The summed E-state index contributed by atoms with van der Waals surface area (Å²) in [4.78, 5) is 4.93. The molecule has 0 saturated heterocycles. The van der Waals surface area contributed by atoms with Gasteiger partial charge in [-0.2, -0.15) is 0 Å². The van der Waals surface area contributed by atoms with E-state index in [-0.39, 0.29) is 0 Å². The summed E-state index contributed by atoms with van der Waals surface area (Å²) in [7, 11) is 0. The summed E-state index contributed by atoms with van der Waals surface area (Å²) in [5.41, 5.74) is 25.3.